The molecule has 161 valence electrons. The van der Waals surface area contributed by atoms with Crippen LogP contribution in [0.1, 0.15) is 25.0 Å². The third-order valence-corrected chi connectivity index (χ3v) is 4.50. The van der Waals surface area contributed by atoms with Crippen LogP contribution in [0.4, 0.5) is 0 Å². The third kappa shape index (κ3) is 6.24. The molecule has 5 heteroatoms. The first-order valence-electron chi connectivity index (χ1n) is 9.67. The van der Waals surface area contributed by atoms with E-state index in [-0.39, 0.29) is 31.6 Å². The van der Waals surface area contributed by atoms with Crippen molar-refractivity contribution in [1.82, 2.24) is 4.98 Å². The molecule has 0 saturated carbocycles. The molecule has 0 aliphatic carbocycles. The Kier molecular flexibility index (Phi) is 8.49. The molecule has 0 saturated heterocycles. The van der Waals surface area contributed by atoms with E-state index in [2.05, 4.69) is 38.1 Å². The molecular formula is C26H24IrNO3-. The molecule has 0 fully saturated rings. The second-order valence-electron chi connectivity index (χ2n) is 7.13. The van der Waals surface area contributed by atoms with Gasteiger partial charge in [0.2, 0.25) is 0 Å². The van der Waals surface area contributed by atoms with Crippen LogP contribution in [0.2, 0.25) is 0 Å². The van der Waals surface area contributed by atoms with E-state index < -0.39 is 0 Å². The number of ketones is 1. The summed E-state index contributed by atoms with van der Waals surface area (Å²) in [4.78, 5) is 14.7. The summed E-state index contributed by atoms with van der Waals surface area (Å²) >= 11 is 0. The number of fused-ring (bicyclic) bond motifs is 1. The maximum atomic E-state index is 10.0. The second kappa shape index (κ2) is 10.9. The molecule has 0 atom stereocenters. The van der Waals surface area contributed by atoms with E-state index >= 15 is 0 Å². The Labute approximate surface area is 196 Å². The molecule has 4 nitrogen and oxygen atoms in total. The molecule has 4 rings (SSSR count). The molecule has 1 N–H and O–H groups in total. The average Bonchev–Trinajstić information content (AvgIpc) is 3.10. The van der Waals surface area contributed by atoms with Crippen LogP contribution in [0.5, 0.6) is 0 Å². The number of pyridine rings is 1. The zero-order valence-corrected chi connectivity index (χ0v) is 20.3. The normalized spacial score (nSPS) is 10.8. The van der Waals surface area contributed by atoms with Gasteiger partial charge in [0.05, 0.1) is 11.3 Å². The van der Waals surface area contributed by atoms with Crippen LogP contribution in [0.25, 0.3) is 33.7 Å². The number of nitrogens with zero attached hydrogens (tertiary/aromatic N) is 1. The van der Waals surface area contributed by atoms with Gasteiger partial charge in [0.15, 0.2) is 11.4 Å². The van der Waals surface area contributed by atoms with Crippen molar-refractivity contribution in [3.8, 4) is 22.6 Å². The van der Waals surface area contributed by atoms with Gasteiger partial charge >= 0.3 is 0 Å². The van der Waals surface area contributed by atoms with Crippen LogP contribution < -0.4 is 0 Å². The number of hydrogen-bond acceptors (Lipinski definition) is 4. The van der Waals surface area contributed by atoms with Crippen molar-refractivity contribution in [1.29, 1.82) is 0 Å². The zero-order chi connectivity index (χ0) is 21.7. The molecule has 2 aromatic carbocycles. The molecule has 0 aliphatic heterocycles. The first-order valence-corrected chi connectivity index (χ1v) is 9.67. The van der Waals surface area contributed by atoms with Crippen molar-refractivity contribution in [2.45, 2.75) is 27.7 Å². The Morgan fingerprint density at radius 2 is 1.74 bits per heavy atom. The van der Waals surface area contributed by atoms with Crippen LogP contribution in [-0.4, -0.2) is 15.9 Å². The molecule has 0 unspecified atom stereocenters. The minimum atomic E-state index is -0.125. The first-order chi connectivity index (χ1) is 14.3. The quantitative estimate of drug-likeness (QED) is 0.166. The number of aromatic nitrogens is 1. The topological polar surface area (TPSA) is 63.3 Å². The minimum absolute atomic E-state index is 0. The van der Waals surface area contributed by atoms with Gasteiger partial charge in [-0.2, -0.15) is 0 Å². The number of carbonyl (C=O) groups is 1. The van der Waals surface area contributed by atoms with Gasteiger partial charge in [-0.25, -0.2) is 0 Å². The van der Waals surface area contributed by atoms with Crippen molar-refractivity contribution in [2.75, 3.05) is 0 Å². The second-order valence-corrected chi connectivity index (χ2v) is 7.13. The smallest absolute Gasteiger partial charge is 0.155 e. The van der Waals surface area contributed by atoms with Gasteiger partial charge in [0.25, 0.3) is 0 Å². The number of furan rings is 1. The van der Waals surface area contributed by atoms with E-state index in [0.29, 0.717) is 0 Å². The van der Waals surface area contributed by atoms with Crippen molar-refractivity contribution >= 4 is 16.9 Å². The molecule has 0 amide bonds. The average molecular weight is 591 g/mol. The van der Waals surface area contributed by atoms with Gasteiger partial charge in [0, 0.05) is 37.8 Å². The van der Waals surface area contributed by atoms with Crippen molar-refractivity contribution in [2.24, 2.45) is 0 Å². The molecule has 1 radical (unpaired) electrons. The summed E-state index contributed by atoms with van der Waals surface area (Å²) in [6, 6.07) is 23.3. The number of hydrogen-bond donors (Lipinski definition) is 1. The van der Waals surface area contributed by atoms with Gasteiger partial charge in [-0.05, 0) is 50.6 Å². The van der Waals surface area contributed by atoms with Gasteiger partial charge in [-0.1, -0.05) is 24.3 Å². The fourth-order valence-electron chi connectivity index (χ4n) is 3.25. The summed E-state index contributed by atoms with van der Waals surface area (Å²) in [6.07, 6.45) is 1.17. The molecule has 0 aliphatic rings. The molecular weight excluding hydrogens is 567 g/mol. The number of aliphatic hydroxyl groups excluding tert-OH is 1. The van der Waals surface area contributed by atoms with Crippen molar-refractivity contribution in [3.05, 3.63) is 89.7 Å². The standard InChI is InChI=1S/C21H16NO.C5H8O2.Ir/c1-14-7-6-8-15(2)21(14)20-13-18-19(23-20)12-11-17(22-18)16-9-4-3-5-10-16;1-4(6)3-5(2)7;/h3-9,11-13H,1-2H3;3,6H,1-2H3;/q-1;;/b;4-3-;. The van der Waals surface area contributed by atoms with E-state index in [1.807, 2.05) is 42.5 Å². The molecule has 31 heavy (non-hydrogen) atoms. The number of benzene rings is 2. The predicted octanol–water partition coefficient (Wildman–Crippen LogP) is 6.61. The number of aryl methyl sites for hydroxylation is 2. The fourth-order valence-corrected chi connectivity index (χ4v) is 3.25. The largest absolute Gasteiger partial charge is 0.512 e. The summed E-state index contributed by atoms with van der Waals surface area (Å²) in [6.45, 7) is 7.06. The number of carbonyl (C=O) groups excluding carboxylic acids is 1. The number of rotatable bonds is 3. The summed E-state index contributed by atoms with van der Waals surface area (Å²) in [7, 11) is 0. The monoisotopic (exact) mass is 591 g/mol. The molecule has 4 aromatic rings. The summed E-state index contributed by atoms with van der Waals surface area (Å²) in [5.74, 6) is 0.810. The predicted molar refractivity (Wildman–Crippen MR) is 120 cm³/mol. The van der Waals surface area contributed by atoms with Gasteiger partial charge in [0.1, 0.15) is 5.76 Å². The van der Waals surface area contributed by atoms with E-state index in [1.165, 1.54) is 31.1 Å². The Hall–Kier alpha value is -3.01. The molecule has 0 bridgehead atoms. The van der Waals surface area contributed by atoms with Crippen molar-refractivity contribution in [3.63, 3.8) is 0 Å². The van der Waals surface area contributed by atoms with E-state index in [4.69, 9.17) is 14.5 Å². The number of aliphatic hydroxyl groups is 1. The first kappa shape index (κ1) is 24.3. The van der Waals surface area contributed by atoms with Crippen LogP contribution in [0, 0.1) is 19.9 Å². The van der Waals surface area contributed by atoms with Crippen LogP contribution in [0.3, 0.4) is 0 Å². The third-order valence-electron chi connectivity index (χ3n) is 4.50. The van der Waals surface area contributed by atoms with Crippen LogP contribution >= 0.6 is 0 Å². The maximum absolute atomic E-state index is 10.0. The SMILES string of the molecule is CC(=O)/C=C(/C)O.Cc1cccc(C)c1-c1cc2nc(-c3[c-]cccc3)ccc2o1.[Ir]. The van der Waals surface area contributed by atoms with Gasteiger partial charge < -0.3 is 9.52 Å². The Bertz CT molecular complexity index is 1190. The Morgan fingerprint density at radius 3 is 2.29 bits per heavy atom. The van der Waals surface area contributed by atoms with Gasteiger partial charge in [-0.3, -0.25) is 9.78 Å². The summed E-state index contributed by atoms with van der Waals surface area (Å²) in [5.41, 5.74) is 7.15. The maximum Gasteiger partial charge on any atom is 0.155 e. The van der Waals surface area contributed by atoms with Crippen LogP contribution in [-0.2, 0) is 24.9 Å². The Morgan fingerprint density at radius 1 is 1.03 bits per heavy atom. The zero-order valence-electron chi connectivity index (χ0n) is 17.9. The Balaban J connectivity index is 0.000000373. The van der Waals surface area contributed by atoms with E-state index in [0.717, 1.165) is 33.7 Å². The van der Waals surface area contributed by atoms with Crippen LogP contribution in [0.15, 0.2) is 76.9 Å². The number of allylic oxidation sites excluding steroid dienone is 2. The molecule has 2 aromatic heterocycles. The summed E-state index contributed by atoms with van der Waals surface area (Å²) in [5, 5.41) is 8.36. The molecule has 2 heterocycles. The molecule has 0 spiro atoms. The summed E-state index contributed by atoms with van der Waals surface area (Å²) < 4.78 is 6.03. The van der Waals surface area contributed by atoms with Crippen molar-refractivity contribution < 1.29 is 34.4 Å². The van der Waals surface area contributed by atoms with Gasteiger partial charge in [-0.15, -0.1) is 35.9 Å². The van der Waals surface area contributed by atoms with E-state index in [9.17, 15) is 4.79 Å². The fraction of sp³-hybridized carbons (Fsp3) is 0.154. The van der Waals surface area contributed by atoms with E-state index in [1.54, 1.807) is 0 Å². The minimum Gasteiger partial charge on any atom is -0.512 e.